The Morgan fingerprint density at radius 1 is 1.06 bits per heavy atom. The Balaban J connectivity index is 2.34. The zero-order valence-electron chi connectivity index (χ0n) is 9.76. The van der Waals surface area contributed by atoms with E-state index < -0.39 is 11.6 Å². The van der Waals surface area contributed by atoms with Crippen LogP contribution in [-0.4, -0.2) is 9.97 Å². The number of anilines is 2. The topological polar surface area (TPSA) is 37.8 Å². The minimum absolute atomic E-state index is 0.183. The number of benzene rings is 1. The fourth-order valence-corrected chi connectivity index (χ4v) is 1.58. The van der Waals surface area contributed by atoms with Gasteiger partial charge in [-0.3, -0.25) is 0 Å². The summed E-state index contributed by atoms with van der Waals surface area (Å²) in [7, 11) is 0. The van der Waals surface area contributed by atoms with Crippen LogP contribution in [-0.2, 0) is 0 Å². The Labute approximate surface area is 108 Å². The minimum atomic E-state index is -0.937. The van der Waals surface area contributed by atoms with Crippen molar-refractivity contribution in [1.29, 1.82) is 0 Å². The highest BCUT2D eigenvalue weighted by Gasteiger charge is 2.09. The van der Waals surface area contributed by atoms with Gasteiger partial charge in [0.25, 0.3) is 0 Å². The SMILES string of the molecule is Cc1nc(Cl)c(Nc2ccc(F)c(F)c2)nc1C. The molecule has 0 amide bonds. The molecule has 1 heterocycles. The predicted molar refractivity (Wildman–Crippen MR) is 66.2 cm³/mol. The average molecular weight is 270 g/mol. The van der Waals surface area contributed by atoms with Gasteiger partial charge < -0.3 is 5.32 Å². The third kappa shape index (κ3) is 2.56. The highest BCUT2D eigenvalue weighted by molar-refractivity contribution is 6.31. The van der Waals surface area contributed by atoms with Crippen LogP contribution in [0, 0.1) is 25.5 Å². The van der Waals surface area contributed by atoms with E-state index in [2.05, 4.69) is 15.3 Å². The number of hydrogen-bond acceptors (Lipinski definition) is 3. The molecule has 18 heavy (non-hydrogen) atoms. The molecule has 3 nitrogen and oxygen atoms in total. The largest absolute Gasteiger partial charge is 0.338 e. The molecular formula is C12H10ClF2N3. The molecule has 6 heteroatoms. The Kier molecular flexibility index (Phi) is 3.43. The molecule has 0 fully saturated rings. The van der Waals surface area contributed by atoms with E-state index in [1.165, 1.54) is 6.07 Å². The van der Waals surface area contributed by atoms with Gasteiger partial charge in [0.2, 0.25) is 0 Å². The second-order valence-corrected chi connectivity index (χ2v) is 4.15. The van der Waals surface area contributed by atoms with Crippen molar-refractivity contribution in [2.45, 2.75) is 13.8 Å². The quantitative estimate of drug-likeness (QED) is 0.902. The van der Waals surface area contributed by atoms with Crippen molar-refractivity contribution < 1.29 is 8.78 Å². The van der Waals surface area contributed by atoms with E-state index in [4.69, 9.17) is 11.6 Å². The summed E-state index contributed by atoms with van der Waals surface area (Å²) >= 11 is 5.92. The number of hydrogen-bond donors (Lipinski definition) is 1. The summed E-state index contributed by atoms with van der Waals surface area (Å²) in [6, 6.07) is 3.45. The number of nitrogens with one attached hydrogen (secondary N) is 1. The highest BCUT2D eigenvalue weighted by Crippen LogP contribution is 2.23. The molecule has 0 radical (unpaired) electrons. The lowest BCUT2D eigenvalue weighted by molar-refractivity contribution is 0.509. The first-order chi connectivity index (χ1) is 8.47. The molecule has 0 saturated carbocycles. The van der Waals surface area contributed by atoms with Crippen molar-refractivity contribution in [3.8, 4) is 0 Å². The Hall–Kier alpha value is -1.75. The van der Waals surface area contributed by atoms with E-state index in [1.807, 2.05) is 0 Å². The third-order valence-electron chi connectivity index (χ3n) is 2.45. The first-order valence-electron chi connectivity index (χ1n) is 5.20. The summed E-state index contributed by atoms with van der Waals surface area (Å²) in [5.41, 5.74) is 1.79. The summed E-state index contributed by atoms with van der Waals surface area (Å²) in [6.07, 6.45) is 0. The standard InChI is InChI=1S/C12H10ClF2N3/c1-6-7(2)17-12(11(13)16-6)18-8-3-4-9(14)10(15)5-8/h3-5H,1-2H3,(H,17,18). The Morgan fingerprint density at radius 2 is 1.72 bits per heavy atom. The van der Waals surface area contributed by atoms with Crippen LogP contribution < -0.4 is 5.32 Å². The van der Waals surface area contributed by atoms with Crippen LogP contribution in [0.4, 0.5) is 20.3 Å². The zero-order valence-corrected chi connectivity index (χ0v) is 10.5. The monoisotopic (exact) mass is 269 g/mol. The van der Waals surface area contributed by atoms with Crippen LogP contribution in [0.25, 0.3) is 0 Å². The third-order valence-corrected chi connectivity index (χ3v) is 2.71. The van der Waals surface area contributed by atoms with Crippen molar-refractivity contribution in [2.75, 3.05) is 5.32 Å². The van der Waals surface area contributed by atoms with Gasteiger partial charge in [-0.1, -0.05) is 11.6 Å². The Bertz CT molecular complexity index is 602. The number of nitrogens with zero attached hydrogens (tertiary/aromatic N) is 2. The Morgan fingerprint density at radius 3 is 2.39 bits per heavy atom. The number of aryl methyl sites for hydroxylation is 2. The second-order valence-electron chi connectivity index (χ2n) is 3.79. The van der Waals surface area contributed by atoms with E-state index >= 15 is 0 Å². The molecule has 2 rings (SSSR count). The molecule has 0 aliphatic rings. The van der Waals surface area contributed by atoms with Crippen molar-refractivity contribution in [1.82, 2.24) is 9.97 Å². The fourth-order valence-electron chi connectivity index (χ4n) is 1.37. The van der Waals surface area contributed by atoms with Crippen molar-refractivity contribution in [3.63, 3.8) is 0 Å². The van der Waals surface area contributed by atoms with Crippen molar-refractivity contribution >= 4 is 23.1 Å². The molecule has 0 bridgehead atoms. The summed E-state index contributed by atoms with van der Waals surface area (Å²) in [4.78, 5) is 8.28. The number of rotatable bonds is 2. The van der Waals surface area contributed by atoms with Crippen molar-refractivity contribution in [2.24, 2.45) is 0 Å². The highest BCUT2D eigenvalue weighted by atomic mass is 35.5. The van der Waals surface area contributed by atoms with Gasteiger partial charge in [-0.05, 0) is 26.0 Å². The van der Waals surface area contributed by atoms with Crippen LogP contribution in [0.2, 0.25) is 5.15 Å². The lowest BCUT2D eigenvalue weighted by atomic mass is 10.3. The van der Waals surface area contributed by atoms with E-state index in [9.17, 15) is 8.78 Å². The van der Waals surface area contributed by atoms with Crippen LogP contribution in [0.3, 0.4) is 0 Å². The normalized spacial score (nSPS) is 10.5. The summed E-state index contributed by atoms with van der Waals surface area (Å²) < 4.78 is 25.8. The van der Waals surface area contributed by atoms with Crippen LogP contribution in [0.15, 0.2) is 18.2 Å². The maximum absolute atomic E-state index is 13.0. The van der Waals surface area contributed by atoms with Crippen LogP contribution in [0.1, 0.15) is 11.4 Å². The lowest BCUT2D eigenvalue weighted by Crippen LogP contribution is -2.01. The molecule has 1 aromatic carbocycles. The summed E-state index contributed by atoms with van der Waals surface area (Å²) in [5.74, 6) is -1.53. The second kappa shape index (κ2) is 4.86. The zero-order chi connectivity index (χ0) is 13.3. The van der Waals surface area contributed by atoms with Gasteiger partial charge in [0.15, 0.2) is 22.6 Å². The number of halogens is 3. The lowest BCUT2D eigenvalue weighted by Gasteiger charge is -2.09. The molecule has 2 aromatic rings. The molecule has 94 valence electrons. The van der Waals surface area contributed by atoms with Gasteiger partial charge in [0.1, 0.15) is 0 Å². The van der Waals surface area contributed by atoms with E-state index in [0.29, 0.717) is 17.2 Å². The fraction of sp³-hybridized carbons (Fsp3) is 0.167. The first kappa shape index (κ1) is 12.7. The van der Waals surface area contributed by atoms with Gasteiger partial charge in [0.05, 0.1) is 11.4 Å². The van der Waals surface area contributed by atoms with E-state index in [-0.39, 0.29) is 5.15 Å². The molecule has 0 aliphatic heterocycles. The van der Waals surface area contributed by atoms with Gasteiger partial charge in [-0.2, -0.15) is 0 Å². The van der Waals surface area contributed by atoms with Gasteiger partial charge in [0, 0.05) is 11.8 Å². The minimum Gasteiger partial charge on any atom is -0.338 e. The van der Waals surface area contributed by atoms with Crippen LogP contribution >= 0.6 is 11.6 Å². The van der Waals surface area contributed by atoms with Gasteiger partial charge in [-0.25, -0.2) is 18.7 Å². The maximum Gasteiger partial charge on any atom is 0.172 e. The molecule has 0 aliphatic carbocycles. The smallest absolute Gasteiger partial charge is 0.172 e. The molecule has 0 unspecified atom stereocenters. The van der Waals surface area contributed by atoms with Gasteiger partial charge >= 0.3 is 0 Å². The summed E-state index contributed by atoms with van der Waals surface area (Å²) in [6.45, 7) is 3.57. The maximum atomic E-state index is 13.0. The molecule has 0 saturated heterocycles. The predicted octanol–water partition coefficient (Wildman–Crippen LogP) is 3.77. The van der Waals surface area contributed by atoms with E-state index in [1.54, 1.807) is 13.8 Å². The number of aromatic nitrogens is 2. The average Bonchev–Trinajstić information content (AvgIpc) is 2.31. The van der Waals surface area contributed by atoms with Gasteiger partial charge in [-0.15, -0.1) is 0 Å². The van der Waals surface area contributed by atoms with Crippen molar-refractivity contribution in [3.05, 3.63) is 46.4 Å². The van der Waals surface area contributed by atoms with E-state index in [0.717, 1.165) is 17.8 Å². The van der Waals surface area contributed by atoms with Crippen LogP contribution in [0.5, 0.6) is 0 Å². The molecule has 1 N–H and O–H groups in total. The molecular weight excluding hydrogens is 260 g/mol. The molecule has 0 atom stereocenters. The molecule has 0 spiro atoms. The molecule has 1 aromatic heterocycles. The first-order valence-corrected chi connectivity index (χ1v) is 5.58. The summed E-state index contributed by atoms with van der Waals surface area (Å²) in [5, 5.41) is 2.98.